The molecule has 0 aliphatic heterocycles. The molecule has 0 aliphatic carbocycles. The van der Waals surface area contributed by atoms with Gasteiger partial charge in [0, 0.05) is 27.5 Å². The molecule has 0 saturated carbocycles. The lowest BCUT2D eigenvalue weighted by atomic mass is 10.2. The maximum Gasteiger partial charge on any atom is 0.258 e. The normalized spacial score (nSPS) is 10.8. The zero-order chi connectivity index (χ0) is 19.5. The Bertz CT molecular complexity index is 1110. The van der Waals surface area contributed by atoms with E-state index >= 15 is 0 Å². The molecule has 0 unspecified atom stereocenters. The Morgan fingerprint density at radius 2 is 1.43 bits per heavy atom. The zero-order valence-electron chi connectivity index (χ0n) is 15.4. The third-order valence-electron chi connectivity index (χ3n) is 4.61. The average molecular weight is 388 g/mol. The summed E-state index contributed by atoms with van der Waals surface area (Å²) in [4.78, 5) is 12.5. The number of hydrogen-bond donors (Lipinski definition) is 3. The van der Waals surface area contributed by atoms with Crippen molar-refractivity contribution in [3.8, 4) is 0 Å². The summed E-state index contributed by atoms with van der Waals surface area (Å²) >= 11 is 5.25. The molecule has 1 aromatic heterocycles. The number of thiocarbonyl (C=S) groups is 1. The number of hydrazine groups is 1. The topological polar surface area (TPSA) is 58.1 Å². The Morgan fingerprint density at radius 1 is 0.857 bits per heavy atom. The van der Waals surface area contributed by atoms with Crippen LogP contribution in [0.3, 0.4) is 0 Å². The van der Waals surface area contributed by atoms with Crippen LogP contribution < -0.4 is 16.2 Å². The molecule has 4 aromatic rings. The third-order valence-corrected chi connectivity index (χ3v) is 4.81. The molecule has 28 heavy (non-hydrogen) atoms. The van der Waals surface area contributed by atoms with E-state index < -0.39 is 0 Å². The van der Waals surface area contributed by atoms with E-state index in [-0.39, 0.29) is 12.5 Å². The maximum atomic E-state index is 12.5. The van der Waals surface area contributed by atoms with Crippen molar-refractivity contribution in [1.82, 2.24) is 15.4 Å². The molecule has 0 bridgehead atoms. The van der Waals surface area contributed by atoms with Crippen molar-refractivity contribution in [2.45, 2.75) is 13.5 Å². The summed E-state index contributed by atoms with van der Waals surface area (Å²) in [6.07, 6.45) is 0. The van der Waals surface area contributed by atoms with Crippen LogP contribution in [0.1, 0.15) is 5.56 Å². The second kappa shape index (κ2) is 7.70. The Balaban J connectivity index is 1.45. The second-order valence-corrected chi connectivity index (χ2v) is 7.02. The molecule has 0 fully saturated rings. The zero-order valence-corrected chi connectivity index (χ0v) is 16.2. The van der Waals surface area contributed by atoms with Gasteiger partial charge in [-0.1, -0.05) is 54.1 Å². The first-order valence-corrected chi connectivity index (χ1v) is 9.41. The van der Waals surface area contributed by atoms with Gasteiger partial charge in [0.15, 0.2) is 5.11 Å². The van der Waals surface area contributed by atoms with Crippen molar-refractivity contribution in [1.29, 1.82) is 0 Å². The smallest absolute Gasteiger partial charge is 0.258 e. The Morgan fingerprint density at radius 3 is 2.04 bits per heavy atom. The predicted molar refractivity (Wildman–Crippen MR) is 118 cm³/mol. The Kier molecular flexibility index (Phi) is 4.95. The van der Waals surface area contributed by atoms with Crippen LogP contribution >= 0.6 is 12.2 Å². The molecule has 3 aromatic carbocycles. The number of aromatic nitrogens is 1. The van der Waals surface area contributed by atoms with Gasteiger partial charge in [-0.3, -0.25) is 15.6 Å². The van der Waals surface area contributed by atoms with Gasteiger partial charge < -0.3 is 9.88 Å². The van der Waals surface area contributed by atoms with Crippen molar-refractivity contribution >= 4 is 50.7 Å². The minimum absolute atomic E-state index is 0.181. The Labute approximate surface area is 168 Å². The van der Waals surface area contributed by atoms with Crippen LogP contribution in [0.25, 0.3) is 21.8 Å². The standard InChI is InChI=1S/C22H20N4OS/c1-15-10-12-16(13-11-15)23-22(28)25-24-21(27)14-26-19-8-4-2-6-17(19)18-7-3-5-9-20(18)26/h2-13H,14H2,1H3,(H,24,27)(H2,23,25,28). The largest absolute Gasteiger partial charge is 0.331 e. The lowest BCUT2D eigenvalue weighted by Gasteiger charge is -2.13. The summed E-state index contributed by atoms with van der Waals surface area (Å²) < 4.78 is 2.01. The molecule has 5 nitrogen and oxygen atoms in total. The fraction of sp³-hybridized carbons (Fsp3) is 0.0909. The summed E-state index contributed by atoms with van der Waals surface area (Å²) in [6.45, 7) is 2.21. The molecule has 6 heteroatoms. The first-order chi connectivity index (χ1) is 13.6. The minimum atomic E-state index is -0.181. The Hall–Kier alpha value is -3.38. The molecule has 0 atom stereocenters. The van der Waals surface area contributed by atoms with E-state index in [0.717, 1.165) is 27.5 Å². The predicted octanol–water partition coefficient (Wildman–Crippen LogP) is 4.12. The molecular formula is C22H20N4OS. The number of carbonyl (C=O) groups excluding carboxylic acids is 1. The van der Waals surface area contributed by atoms with Crippen LogP contribution in [0.15, 0.2) is 72.8 Å². The van der Waals surface area contributed by atoms with Gasteiger partial charge in [0.25, 0.3) is 5.91 Å². The number of benzene rings is 3. The molecule has 0 saturated heterocycles. The van der Waals surface area contributed by atoms with Crippen LogP contribution in [0, 0.1) is 6.92 Å². The van der Waals surface area contributed by atoms with E-state index in [1.54, 1.807) is 0 Å². The number of nitrogens with one attached hydrogen (secondary N) is 3. The second-order valence-electron chi connectivity index (χ2n) is 6.61. The van der Waals surface area contributed by atoms with Gasteiger partial charge in [-0.25, -0.2) is 0 Å². The van der Waals surface area contributed by atoms with Crippen LogP contribution in [0.2, 0.25) is 0 Å². The quantitative estimate of drug-likeness (QED) is 0.365. The van der Waals surface area contributed by atoms with Crippen molar-refractivity contribution in [3.05, 3.63) is 78.4 Å². The highest BCUT2D eigenvalue weighted by Crippen LogP contribution is 2.28. The fourth-order valence-corrected chi connectivity index (χ4v) is 3.45. The molecule has 4 rings (SSSR count). The number of fused-ring (bicyclic) bond motifs is 3. The summed E-state index contributed by atoms with van der Waals surface area (Å²) in [6, 6.07) is 24.0. The number of rotatable bonds is 3. The molecule has 1 amide bonds. The van der Waals surface area contributed by atoms with Crippen LogP contribution in [0.5, 0.6) is 0 Å². The lowest BCUT2D eigenvalue weighted by molar-refractivity contribution is -0.122. The van der Waals surface area contributed by atoms with Crippen molar-refractivity contribution < 1.29 is 4.79 Å². The third kappa shape index (κ3) is 3.68. The van der Waals surface area contributed by atoms with Gasteiger partial charge in [0.2, 0.25) is 0 Å². The molecule has 1 heterocycles. The van der Waals surface area contributed by atoms with Gasteiger partial charge in [-0.2, -0.15) is 0 Å². The van der Waals surface area contributed by atoms with Crippen LogP contribution in [-0.2, 0) is 11.3 Å². The summed E-state index contributed by atoms with van der Waals surface area (Å²) in [5.74, 6) is -0.181. The van der Waals surface area contributed by atoms with Crippen molar-refractivity contribution in [2.75, 3.05) is 5.32 Å². The monoisotopic (exact) mass is 388 g/mol. The number of hydrogen-bond acceptors (Lipinski definition) is 2. The van der Waals surface area contributed by atoms with Crippen LogP contribution in [-0.4, -0.2) is 15.6 Å². The van der Waals surface area contributed by atoms with Crippen molar-refractivity contribution in [3.63, 3.8) is 0 Å². The first kappa shape index (κ1) is 18.0. The van der Waals surface area contributed by atoms with Gasteiger partial charge >= 0.3 is 0 Å². The van der Waals surface area contributed by atoms with E-state index in [4.69, 9.17) is 12.2 Å². The molecular weight excluding hydrogens is 368 g/mol. The molecule has 3 N–H and O–H groups in total. The molecule has 140 valence electrons. The van der Waals surface area contributed by atoms with Crippen LogP contribution in [0.4, 0.5) is 5.69 Å². The highest BCUT2D eigenvalue weighted by atomic mass is 32.1. The maximum absolute atomic E-state index is 12.5. The van der Waals surface area contributed by atoms with E-state index in [1.165, 1.54) is 5.56 Å². The van der Waals surface area contributed by atoms with Gasteiger partial charge in [-0.15, -0.1) is 0 Å². The van der Waals surface area contributed by atoms with E-state index in [2.05, 4.69) is 28.3 Å². The van der Waals surface area contributed by atoms with Gasteiger partial charge in [-0.05, 0) is 43.4 Å². The number of carbonyl (C=O) groups is 1. The number of amides is 1. The van der Waals surface area contributed by atoms with Gasteiger partial charge in [0.05, 0.1) is 0 Å². The fourth-order valence-electron chi connectivity index (χ4n) is 3.28. The van der Waals surface area contributed by atoms with Gasteiger partial charge in [0.1, 0.15) is 6.54 Å². The summed E-state index contributed by atoms with van der Waals surface area (Å²) in [5, 5.41) is 5.64. The lowest BCUT2D eigenvalue weighted by Crippen LogP contribution is -2.45. The molecule has 0 spiro atoms. The first-order valence-electron chi connectivity index (χ1n) is 9.00. The average Bonchev–Trinajstić information content (AvgIpc) is 3.02. The summed E-state index contributed by atoms with van der Waals surface area (Å²) in [7, 11) is 0. The highest BCUT2D eigenvalue weighted by Gasteiger charge is 2.12. The van der Waals surface area contributed by atoms with E-state index in [9.17, 15) is 4.79 Å². The minimum Gasteiger partial charge on any atom is -0.331 e. The molecule has 0 radical (unpaired) electrons. The number of anilines is 1. The SMILES string of the molecule is Cc1ccc(NC(=S)NNC(=O)Cn2c3ccccc3c3ccccc32)cc1. The van der Waals surface area contributed by atoms with Crippen molar-refractivity contribution in [2.24, 2.45) is 0 Å². The number of para-hydroxylation sites is 2. The highest BCUT2D eigenvalue weighted by molar-refractivity contribution is 7.80. The van der Waals surface area contributed by atoms with E-state index in [1.807, 2.05) is 72.2 Å². The number of nitrogens with zero attached hydrogens (tertiary/aromatic N) is 1. The molecule has 0 aliphatic rings. The number of aryl methyl sites for hydroxylation is 1. The summed E-state index contributed by atoms with van der Waals surface area (Å²) in [5.41, 5.74) is 9.52. The van der Waals surface area contributed by atoms with E-state index in [0.29, 0.717) is 5.11 Å².